The van der Waals surface area contributed by atoms with E-state index in [2.05, 4.69) is 24.7 Å². The summed E-state index contributed by atoms with van der Waals surface area (Å²) in [6.07, 6.45) is 1.79. The third-order valence-electron chi connectivity index (χ3n) is 6.71. The first-order chi connectivity index (χ1) is 20.3. The predicted molar refractivity (Wildman–Crippen MR) is 155 cm³/mol. The first-order valence-corrected chi connectivity index (χ1v) is 15.8. The SMILES string of the molecule is COc1ccc(-c2sc(NC(=O)CC3CCCCC3)nc2C)cc1S(=O)(=O)Nc1cnc(Cl)c(COC(=O)C(F)(F)F)c1. The minimum atomic E-state index is -5.21. The summed E-state index contributed by atoms with van der Waals surface area (Å²) >= 11 is 7.11. The number of aromatic nitrogens is 2. The van der Waals surface area contributed by atoms with Crippen molar-refractivity contribution < 1.29 is 40.7 Å². The van der Waals surface area contributed by atoms with Gasteiger partial charge in [0, 0.05) is 12.0 Å². The van der Waals surface area contributed by atoms with Crippen LogP contribution < -0.4 is 14.8 Å². The van der Waals surface area contributed by atoms with Gasteiger partial charge in [-0.3, -0.25) is 9.52 Å². The van der Waals surface area contributed by atoms with Crippen molar-refractivity contribution >= 4 is 55.7 Å². The van der Waals surface area contributed by atoms with E-state index < -0.39 is 28.8 Å². The van der Waals surface area contributed by atoms with Gasteiger partial charge < -0.3 is 14.8 Å². The Balaban J connectivity index is 1.54. The number of amides is 1. The fraction of sp³-hybridized carbons (Fsp3) is 0.407. The fourth-order valence-corrected chi connectivity index (χ4v) is 7.02. The highest BCUT2D eigenvalue weighted by Crippen LogP contribution is 2.37. The van der Waals surface area contributed by atoms with Crippen LogP contribution in [0.15, 0.2) is 35.4 Å². The first-order valence-electron chi connectivity index (χ1n) is 13.1. The average Bonchev–Trinajstić information content (AvgIpc) is 3.31. The highest BCUT2D eigenvalue weighted by atomic mass is 35.5. The number of rotatable bonds is 10. The number of methoxy groups -OCH3 is 1. The highest BCUT2D eigenvalue weighted by molar-refractivity contribution is 7.92. The number of carbonyl (C=O) groups is 2. The molecule has 0 saturated heterocycles. The Kier molecular flexibility index (Phi) is 10.2. The first kappa shape index (κ1) is 32.5. The zero-order valence-corrected chi connectivity index (χ0v) is 25.5. The van der Waals surface area contributed by atoms with E-state index in [4.69, 9.17) is 16.3 Å². The van der Waals surface area contributed by atoms with Crippen molar-refractivity contribution in [3.05, 3.63) is 46.9 Å². The number of anilines is 2. The van der Waals surface area contributed by atoms with Gasteiger partial charge in [-0.1, -0.05) is 42.2 Å². The van der Waals surface area contributed by atoms with E-state index >= 15 is 0 Å². The Bertz CT molecular complexity index is 1610. The topological polar surface area (TPSA) is 137 Å². The van der Waals surface area contributed by atoms with Gasteiger partial charge in [0.05, 0.1) is 29.6 Å². The minimum absolute atomic E-state index is 0.0145. The number of hydrogen-bond acceptors (Lipinski definition) is 9. The number of pyridine rings is 1. The van der Waals surface area contributed by atoms with Crippen molar-refractivity contribution in [3.63, 3.8) is 0 Å². The van der Waals surface area contributed by atoms with Crippen LogP contribution in [-0.2, 0) is 31.0 Å². The molecule has 1 amide bonds. The molecule has 1 aliphatic carbocycles. The minimum Gasteiger partial charge on any atom is -0.495 e. The molecule has 0 atom stereocenters. The molecular weight excluding hydrogens is 633 g/mol. The van der Waals surface area contributed by atoms with Gasteiger partial charge in [-0.15, -0.1) is 0 Å². The number of thiazole rings is 1. The molecule has 1 aliphatic rings. The monoisotopic (exact) mass is 660 g/mol. The number of hydrogen-bond donors (Lipinski definition) is 2. The van der Waals surface area contributed by atoms with E-state index in [0.29, 0.717) is 33.6 Å². The summed E-state index contributed by atoms with van der Waals surface area (Å²) in [5, 5.41) is 2.98. The Morgan fingerprint density at radius 2 is 1.88 bits per heavy atom. The van der Waals surface area contributed by atoms with Crippen LogP contribution in [0.25, 0.3) is 10.4 Å². The van der Waals surface area contributed by atoms with Gasteiger partial charge in [0.25, 0.3) is 10.0 Å². The average molecular weight is 661 g/mol. The summed E-state index contributed by atoms with van der Waals surface area (Å²) in [6.45, 7) is 0.856. The summed E-state index contributed by atoms with van der Waals surface area (Å²) in [5.41, 5.74) is 0.780. The fourth-order valence-electron chi connectivity index (χ4n) is 4.66. The van der Waals surface area contributed by atoms with E-state index in [-0.39, 0.29) is 33.0 Å². The number of nitrogens with zero attached hydrogens (tertiary/aromatic N) is 2. The van der Waals surface area contributed by atoms with Crippen molar-refractivity contribution in [2.45, 2.75) is 63.1 Å². The van der Waals surface area contributed by atoms with Crippen molar-refractivity contribution in [1.29, 1.82) is 0 Å². The molecule has 0 radical (unpaired) electrons. The molecule has 43 heavy (non-hydrogen) atoms. The number of sulfonamides is 1. The van der Waals surface area contributed by atoms with Gasteiger partial charge in [0.1, 0.15) is 22.4 Å². The molecule has 0 unspecified atom stereocenters. The van der Waals surface area contributed by atoms with Crippen LogP contribution >= 0.6 is 22.9 Å². The number of nitrogens with one attached hydrogen (secondary N) is 2. The maximum absolute atomic E-state index is 13.4. The third-order valence-corrected chi connectivity index (χ3v) is 9.58. The van der Waals surface area contributed by atoms with Gasteiger partial charge in [-0.05, 0) is 55.5 Å². The van der Waals surface area contributed by atoms with Crippen molar-refractivity contribution in [1.82, 2.24) is 9.97 Å². The molecule has 0 spiro atoms. The zero-order chi connectivity index (χ0) is 31.4. The summed E-state index contributed by atoms with van der Waals surface area (Å²) in [6, 6.07) is 5.60. The van der Waals surface area contributed by atoms with E-state index in [1.165, 1.54) is 37.0 Å². The molecule has 2 aromatic heterocycles. The van der Waals surface area contributed by atoms with E-state index in [9.17, 15) is 31.2 Å². The number of carbonyl (C=O) groups excluding carboxylic acids is 2. The van der Waals surface area contributed by atoms with Crippen LogP contribution in [0, 0.1) is 12.8 Å². The Morgan fingerprint density at radius 3 is 2.56 bits per heavy atom. The van der Waals surface area contributed by atoms with Crippen LogP contribution in [0.4, 0.5) is 24.0 Å². The second kappa shape index (κ2) is 13.5. The van der Waals surface area contributed by atoms with Crippen LogP contribution in [0.5, 0.6) is 5.75 Å². The largest absolute Gasteiger partial charge is 0.495 e. The molecule has 16 heteroatoms. The van der Waals surface area contributed by atoms with Crippen LogP contribution in [0.2, 0.25) is 5.15 Å². The standard InChI is InChI=1S/C27H28ClF3N4O6S2/c1-15-23(42-26(33-15)34-22(36)10-16-6-4-3-5-7-16)17-8-9-20(40-2)21(12-17)43(38,39)35-19-11-18(24(28)32-13-19)14-41-25(37)27(29,30)31/h8-9,11-13,16,35H,3-7,10,14H2,1-2H3,(H,33,34,36). The Hall–Kier alpha value is -3.43. The smallest absolute Gasteiger partial charge is 0.490 e. The predicted octanol–water partition coefficient (Wildman–Crippen LogP) is 6.49. The third kappa shape index (κ3) is 8.36. The molecule has 232 valence electrons. The van der Waals surface area contributed by atoms with Gasteiger partial charge >= 0.3 is 12.1 Å². The molecule has 3 aromatic rings. The van der Waals surface area contributed by atoms with Crippen molar-refractivity contribution in [2.24, 2.45) is 5.92 Å². The molecule has 2 heterocycles. The summed E-state index contributed by atoms with van der Waals surface area (Å²) < 4.78 is 76.1. The molecular formula is C27H28ClF3N4O6S2. The summed E-state index contributed by atoms with van der Waals surface area (Å²) in [4.78, 5) is 32.3. The van der Waals surface area contributed by atoms with Crippen molar-refractivity contribution in [3.8, 4) is 16.2 Å². The van der Waals surface area contributed by atoms with Crippen LogP contribution in [0.1, 0.15) is 49.8 Å². The second-order valence-electron chi connectivity index (χ2n) is 9.91. The number of halogens is 4. The number of esters is 1. The number of benzene rings is 1. The lowest BCUT2D eigenvalue weighted by atomic mass is 9.87. The molecule has 4 rings (SSSR count). The molecule has 10 nitrogen and oxygen atoms in total. The lowest BCUT2D eigenvalue weighted by Gasteiger charge is -2.20. The summed E-state index contributed by atoms with van der Waals surface area (Å²) in [7, 11) is -3.05. The highest BCUT2D eigenvalue weighted by Gasteiger charge is 2.41. The van der Waals surface area contributed by atoms with E-state index in [0.717, 1.165) is 37.9 Å². The zero-order valence-electron chi connectivity index (χ0n) is 23.1. The molecule has 1 saturated carbocycles. The number of alkyl halides is 3. The van der Waals surface area contributed by atoms with E-state index in [1.807, 2.05) is 0 Å². The van der Waals surface area contributed by atoms with Gasteiger partial charge in [0.15, 0.2) is 5.13 Å². The lowest BCUT2D eigenvalue weighted by molar-refractivity contribution is -0.201. The van der Waals surface area contributed by atoms with Gasteiger partial charge in [-0.2, -0.15) is 13.2 Å². The molecule has 0 aliphatic heterocycles. The molecule has 2 N–H and O–H groups in total. The lowest BCUT2D eigenvalue weighted by Crippen LogP contribution is -2.25. The normalized spacial score (nSPS) is 14.3. The van der Waals surface area contributed by atoms with Crippen LogP contribution in [0.3, 0.4) is 0 Å². The van der Waals surface area contributed by atoms with E-state index in [1.54, 1.807) is 13.0 Å². The van der Waals surface area contributed by atoms with Gasteiger partial charge in [-0.25, -0.2) is 23.2 Å². The van der Waals surface area contributed by atoms with Crippen LogP contribution in [-0.4, -0.2) is 43.5 Å². The Morgan fingerprint density at radius 1 is 1.16 bits per heavy atom. The van der Waals surface area contributed by atoms with Crippen molar-refractivity contribution in [2.75, 3.05) is 17.1 Å². The quantitative estimate of drug-likeness (QED) is 0.186. The molecule has 1 fully saturated rings. The Labute approximate surface area is 255 Å². The van der Waals surface area contributed by atoms with Gasteiger partial charge in [0.2, 0.25) is 5.91 Å². The summed E-state index contributed by atoms with van der Waals surface area (Å²) in [5.74, 6) is -2.17. The maximum atomic E-state index is 13.4. The number of ether oxygens (including phenoxy) is 2. The maximum Gasteiger partial charge on any atom is 0.490 e. The molecule has 0 bridgehead atoms. The second-order valence-corrected chi connectivity index (χ2v) is 12.9. The number of aryl methyl sites for hydroxylation is 1. The molecule has 1 aromatic carbocycles.